The van der Waals surface area contributed by atoms with Crippen molar-refractivity contribution < 1.29 is 12.8 Å². The Balaban J connectivity index is 2.98. The molecule has 0 saturated heterocycles. The molecule has 1 aromatic carbocycles. The molecule has 1 N–H and O–H groups in total. The average molecular weight is 229 g/mol. The third-order valence-corrected chi connectivity index (χ3v) is 3.12. The molecule has 1 aromatic heterocycles. The number of aromatic nitrogens is 1. The van der Waals surface area contributed by atoms with Crippen LogP contribution in [0.5, 0.6) is 0 Å². The largest absolute Gasteiger partial charge is 0.428 e. The van der Waals surface area contributed by atoms with E-state index < -0.39 is 9.84 Å². The van der Waals surface area contributed by atoms with Crippen molar-refractivity contribution in [1.29, 1.82) is 0 Å². The van der Waals surface area contributed by atoms with Crippen LogP contribution < -0.4 is 0 Å². The van der Waals surface area contributed by atoms with Crippen molar-refractivity contribution in [3.8, 4) is 0 Å². The molecule has 14 heavy (non-hydrogen) atoms. The zero-order valence-electron chi connectivity index (χ0n) is 7.27. The van der Waals surface area contributed by atoms with Gasteiger partial charge in [-0.3, -0.25) is 0 Å². The van der Waals surface area contributed by atoms with Gasteiger partial charge in [0.1, 0.15) is 4.90 Å². The number of hydrogen-bond donors (Lipinski definition) is 1. The first-order valence-electron chi connectivity index (χ1n) is 3.80. The van der Waals surface area contributed by atoms with Crippen LogP contribution in [0.2, 0.25) is 0 Å². The van der Waals surface area contributed by atoms with Gasteiger partial charge in [0.15, 0.2) is 15.4 Å². The maximum absolute atomic E-state index is 11.3. The van der Waals surface area contributed by atoms with Crippen molar-refractivity contribution in [1.82, 2.24) is 4.98 Å². The summed E-state index contributed by atoms with van der Waals surface area (Å²) >= 11 is 4.78. The second kappa shape index (κ2) is 2.93. The van der Waals surface area contributed by atoms with Gasteiger partial charge in [-0.2, -0.15) is 0 Å². The smallest absolute Gasteiger partial charge is 0.266 e. The third kappa shape index (κ3) is 1.46. The molecule has 0 atom stereocenters. The van der Waals surface area contributed by atoms with Crippen LogP contribution in [0, 0.1) is 4.84 Å². The molecule has 74 valence electrons. The zero-order chi connectivity index (χ0) is 10.3. The Kier molecular flexibility index (Phi) is 1.97. The van der Waals surface area contributed by atoms with Crippen LogP contribution in [-0.2, 0) is 9.84 Å². The summed E-state index contributed by atoms with van der Waals surface area (Å²) in [4.78, 5) is 3.09. The van der Waals surface area contributed by atoms with Crippen molar-refractivity contribution >= 4 is 33.2 Å². The minimum atomic E-state index is -3.28. The summed E-state index contributed by atoms with van der Waals surface area (Å²) in [5, 5.41) is 0. The molecule has 4 nitrogen and oxygen atoms in total. The van der Waals surface area contributed by atoms with Crippen molar-refractivity contribution in [2.75, 3.05) is 6.26 Å². The van der Waals surface area contributed by atoms with E-state index in [4.69, 9.17) is 16.6 Å². The Labute approximate surface area is 85.5 Å². The van der Waals surface area contributed by atoms with Gasteiger partial charge in [0.2, 0.25) is 0 Å². The molecule has 0 aliphatic carbocycles. The highest BCUT2D eigenvalue weighted by atomic mass is 32.2. The minimum absolute atomic E-state index is 0.155. The van der Waals surface area contributed by atoms with Gasteiger partial charge in [-0.25, -0.2) is 8.42 Å². The number of hydrogen-bond acceptors (Lipinski definition) is 4. The lowest BCUT2D eigenvalue weighted by atomic mass is 10.3. The molecule has 2 aromatic rings. The van der Waals surface area contributed by atoms with E-state index in [2.05, 4.69) is 4.98 Å². The number of oxazole rings is 1. The number of rotatable bonds is 1. The van der Waals surface area contributed by atoms with Crippen LogP contribution in [-0.4, -0.2) is 19.7 Å². The highest BCUT2D eigenvalue weighted by molar-refractivity contribution is 7.91. The molecule has 0 radical (unpaired) electrons. The van der Waals surface area contributed by atoms with E-state index in [0.717, 1.165) is 6.26 Å². The quantitative estimate of drug-likeness (QED) is 0.758. The van der Waals surface area contributed by atoms with E-state index in [1.54, 1.807) is 12.1 Å². The van der Waals surface area contributed by atoms with Crippen LogP contribution in [0.1, 0.15) is 0 Å². The summed E-state index contributed by atoms with van der Waals surface area (Å²) in [6, 6.07) is 4.84. The maximum atomic E-state index is 11.3. The standard InChI is InChI=1S/C8H7NO3S2/c1-14(10,11)6-4-2-3-5-7(6)12-8(13)9-5/h2-4H,1H3,(H,9,13). The minimum Gasteiger partial charge on any atom is -0.428 e. The molecule has 0 amide bonds. The lowest BCUT2D eigenvalue weighted by Gasteiger charge is -1.96. The van der Waals surface area contributed by atoms with E-state index in [-0.39, 0.29) is 9.73 Å². The number of para-hydroxylation sites is 1. The fourth-order valence-electron chi connectivity index (χ4n) is 1.24. The predicted octanol–water partition coefficient (Wildman–Crippen LogP) is 1.89. The molecule has 0 aliphatic heterocycles. The maximum Gasteiger partial charge on any atom is 0.266 e. The first-order valence-corrected chi connectivity index (χ1v) is 6.10. The van der Waals surface area contributed by atoms with E-state index in [0.29, 0.717) is 11.1 Å². The third-order valence-electron chi connectivity index (χ3n) is 1.81. The summed E-state index contributed by atoms with van der Waals surface area (Å²) < 4.78 is 27.8. The fraction of sp³-hybridized carbons (Fsp3) is 0.125. The van der Waals surface area contributed by atoms with Gasteiger partial charge in [0.25, 0.3) is 4.84 Å². The molecule has 6 heteroatoms. The van der Waals surface area contributed by atoms with Crippen molar-refractivity contribution in [2.24, 2.45) is 0 Å². The van der Waals surface area contributed by atoms with Crippen molar-refractivity contribution in [3.05, 3.63) is 23.0 Å². The number of nitrogens with one attached hydrogen (secondary N) is 1. The lowest BCUT2D eigenvalue weighted by Crippen LogP contribution is -1.96. The summed E-state index contributed by atoms with van der Waals surface area (Å²) in [7, 11) is -3.28. The Morgan fingerprint density at radius 2 is 2.14 bits per heavy atom. The fourth-order valence-corrected chi connectivity index (χ4v) is 2.25. The normalized spacial score (nSPS) is 12.1. The van der Waals surface area contributed by atoms with Crippen molar-refractivity contribution in [3.63, 3.8) is 0 Å². The van der Waals surface area contributed by atoms with E-state index >= 15 is 0 Å². The van der Waals surface area contributed by atoms with E-state index in [1.165, 1.54) is 6.07 Å². The Morgan fingerprint density at radius 3 is 2.79 bits per heavy atom. The Bertz CT molecular complexity index is 636. The SMILES string of the molecule is CS(=O)(=O)c1cccc2[nH]c(=S)oc12. The molecule has 0 aliphatic rings. The van der Waals surface area contributed by atoms with Gasteiger partial charge in [0.05, 0.1) is 5.52 Å². The van der Waals surface area contributed by atoms with Gasteiger partial charge in [-0.05, 0) is 24.4 Å². The number of benzene rings is 1. The molecule has 1 heterocycles. The molecule has 0 fully saturated rings. The van der Waals surface area contributed by atoms with Gasteiger partial charge in [-0.1, -0.05) is 6.07 Å². The van der Waals surface area contributed by atoms with E-state index in [9.17, 15) is 8.42 Å². The van der Waals surface area contributed by atoms with Gasteiger partial charge >= 0.3 is 0 Å². The molecular formula is C8H7NO3S2. The second-order valence-electron chi connectivity index (χ2n) is 2.92. The molecule has 0 bridgehead atoms. The molecule has 0 saturated carbocycles. The average Bonchev–Trinajstić information content (AvgIpc) is 2.41. The second-order valence-corrected chi connectivity index (χ2v) is 5.27. The first kappa shape index (κ1) is 9.42. The number of sulfone groups is 1. The van der Waals surface area contributed by atoms with Gasteiger partial charge < -0.3 is 9.40 Å². The van der Waals surface area contributed by atoms with Crippen LogP contribution in [0.15, 0.2) is 27.5 Å². The number of H-pyrrole nitrogens is 1. The summed E-state index contributed by atoms with van der Waals surface area (Å²) in [6.45, 7) is 0. The molecular weight excluding hydrogens is 222 g/mol. The van der Waals surface area contributed by atoms with Crippen LogP contribution in [0.25, 0.3) is 11.1 Å². The first-order chi connectivity index (χ1) is 6.48. The lowest BCUT2D eigenvalue weighted by molar-refractivity contribution is 0.570. The summed E-state index contributed by atoms with van der Waals surface area (Å²) in [6.07, 6.45) is 1.13. The zero-order valence-corrected chi connectivity index (χ0v) is 8.91. The Morgan fingerprint density at radius 1 is 1.43 bits per heavy atom. The van der Waals surface area contributed by atoms with Crippen LogP contribution >= 0.6 is 12.2 Å². The van der Waals surface area contributed by atoms with Crippen LogP contribution in [0.4, 0.5) is 0 Å². The monoisotopic (exact) mass is 229 g/mol. The van der Waals surface area contributed by atoms with Crippen molar-refractivity contribution in [2.45, 2.75) is 4.90 Å². The Hall–Kier alpha value is -1.14. The summed E-state index contributed by atoms with van der Waals surface area (Å²) in [5.41, 5.74) is 0.887. The molecule has 0 spiro atoms. The highest BCUT2D eigenvalue weighted by Crippen LogP contribution is 2.22. The van der Waals surface area contributed by atoms with Gasteiger partial charge in [-0.15, -0.1) is 0 Å². The summed E-state index contributed by atoms with van der Waals surface area (Å²) in [5.74, 6) is 0. The van der Waals surface area contributed by atoms with Gasteiger partial charge in [0, 0.05) is 6.26 Å². The molecule has 2 rings (SSSR count). The molecule has 0 unspecified atom stereocenters. The highest BCUT2D eigenvalue weighted by Gasteiger charge is 2.14. The number of fused-ring (bicyclic) bond motifs is 1. The topological polar surface area (TPSA) is 63.1 Å². The van der Waals surface area contributed by atoms with E-state index in [1.807, 2.05) is 0 Å². The number of aromatic amines is 1. The predicted molar refractivity (Wildman–Crippen MR) is 54.5 cm³/mol. The van der Waals surface area contributed by atoms with Crippen LogP contribution in [0.3, 0.4) is 0 Å².